The molecule has 0 aromatic carbocycles. The highest BCUT2D eigenvalue weighted by atomic mass is 32.2. The smallest absolute Gasteiger partial charge is 0.247 e. The summed E-state index contributed by atoms with van der Waals surface area (Å²) in [5, 5.41) is 9.97. The average molecular weight is 464 g/mol. The van der Waals surface area contributed by atoms with Gasteiger partial charge in [0.05, 0.1) is 29.2 Å². The number of amides is 3. The van der Waals surface area contributed by atoms with Crippen molar-refractivity contribution in [2.75, 3.05) is 26.7 Å². The van der Waals surface area contributed by atoms with Crippen LogP contribution in [-0.4, -0.2) is 91.9 Å². The van der Waals surface area contributed by atoms with Crippen molar-refractivity contribution >= 4 is 29.5 Å². The predicted molar refractivity (Wildman–Crippen MR) is 127 cm³/mol. The molecule has 2 bridgehead atoms. The van der Waals surface area contributed by atoms with Crippen molar-refractivity contribution in [3.8, 4) is 0 Å². The molecule has 0 aromatic heterocycles. The van der Waals surface area contributed by atoms with Crippen LogP contribution in [0.2, 0.25) is 0 Å². The van der Waals surface area contributed by atoms with E-state index in [0.29, 0.717) is 19.5 Å². The number of likely N-dealkylation sites (tertiary alicyclic amines) is 1. The summed E-state index contributed by atoms with van der Waals surface area (Å²) in [6, 6.07) is -1.22. The molecule has 3 aliphatic rings. The van der Waals surface area contributed by atoms with E-state index in [0.717, 1.165) is 6.42 Å². The number of nitrogens with zero attached hydrogens (tertiary/aromatic N) is 3. The van der Waals surface area contributed by atoms with E-state index >= 15 is 0 Å². The second-order valence-electron chi connectivity index (χ2n) is 10.2. The van der Waals surface area contributed by atoms with Crippen LogP contribution in [0, 0.1) is 11.8 Å². The van der Waals surface area contributed by atoms with E-state index in [4.69, 9.17) is 0 Å². The Morgan fingerprint density at radius 1 is 1.28 bits per heavy atom. The van der Waals surface area contributed by atoms with E-state index in [1.165, 1.54) is 0 Å². The number of aliphatic hydroxyl groups excluding tert-OH is 1. The van der Waals surface area contributed by atoms with Crippen LogP contribution in [0.4, 0.5) is 0 Å². The summed E-state index contributed by atoms with van der Waals surface area (Å²) in [5.74, 6) is -1.39. The third-order valence-corrected chi connectivity index (χ3v) is 9.11. The van der Waals surface area contributed by atoms with Gasteiger partial charge in [0.2, 0.25) is 17.7 Å². The molecule has 0 aromatic rings. The van der Waals surface area contributed by atoms with Crippen molar-refractivity contribution in [2.24, 2.45) is 11.8 Å². The Kier molecular flexibility index (Phi) is 6.87. The molecule has 6 atom stereocenters. The Balaban J connectivity index is 2.09. The molecule has 0 saturated carbocycles. The second-order valence-corrected chi connectivity index (χ2v) is 11.9. The number of rotatable bonds is 8. The zero-order chi connectivity index (χ0) is 24.0. The van der Waals surface area contributed by atoms with Crippen LogP contribution in [0.15, 0.2) is 25.3 Å². The molecule has 8 heteroatoms. The molecule has 1 spiro atoms. The van der Waals surface area contributed by atoms with Crippen LogP contribution < -0.4 is 0 Å². The van der Waals surface area contributed by atoms with Crippen molar-refractivity contribution in [1.29, 1.82) is 0 Å². The van der Waals surface area contributed by atoms with E-state index in [1.54, 1.807) is 52.6 Å². The van der Waals surface area contributed by atoms with Crippen LogP contribution in [0.3, 0.4) is 0 Å². The second kappa shape index (κ2) is 8.86. The Labute approximate surface area is 195 Å². The number of carbonyl (C=O) groups excluding carboxylic acids is 3. The van der Waals surface area contributed by atoms with Crippen LogP contribution in [0.1, 0.15) is 40.5 Å². The van der Waals surface area contributed by atoms with Crippen molar-refractivity contribution in [3.05, 3.63) is 25.3 Å². The highest BCUT2D eigenvalue weighted by Crippen LogP contribution is 2.67. The normalized spacial score (nSPS) is 31.9. The number of carbonyl (C=O) groups is 3. The van der Waals surface area contributed by atoms with E-state index in [1.807, 2.05) is 20.8 Å². The number of aliphatic hydroxyl groups is 1. The van der Waals surface area contributed by atoms with Crippen LogP contribution >= 0.6 is 11.8 Å². The minimum atomic E-state index is -0.709. The summed E-state index contributed by atoms with van der Waals surface area (Å²) in [5.41, 5.74) is -0.460. The number of thioether (sulfide) groups is 1. The molecule has 7 nitrogen and oxygen atoms in total. The quantitative estimate of drug-likeness (QED) is 0.556. The topological polar surface area (TPSA) is 81.2 Å². The van der Waals surface area contributed by atoms with Crippen LogP contribution in [-0.2, 0) is 14.4 Å². The van der Waals surface area contributed by atoms with E-state index in [-0.39, 0.29) is 29.6 Å². The Hall–Kier alpha value is -1.80. The van der Waals surface area contributed by atoms with Gasteiger partial charge < -0.3 is 19.8 Å². The number of hydrogen-bond acceptors (Lipinski definition) is 5. The monoisotopic (exact) mass is 463 g/mol. The minimum absolute atomic E-state index is 0.0214. The fourth-order valence-electron chi connectivity index (χ4n) is 5.72. The number of hydrogen-bond donors (Lipinski definition) is 1. The molecule has 0 radical (unpaired) electrons. The Morgan fingerprint density at radius 3 is 2.44 bits per heavy atom. The lowest BCUT2D eigenvalue weighted by atomic mass is 9.70. The molecule has 3 aliphatic heterocycles. The highest BCUT2D eigenvalue weighted by Gasteiger charge is 2.74. The summed E-state index contributed by atoms with van der Waals surface area (Å²) in [6.45, 7) is 15.7. The first-order valence-electron chi connectivity index (χ1n) is 11.3. The summed E-state index contributed by atoms with van der Waals surface area (Å²) in [4.78, 5) is 46.2. The molecule has 3 heterocycles. The predicted octanol–water partition coefficient (Wildman–Crippen LogP) is 1.92. The maximum Gasteiger partial charge on any atom is 0.247 e. The number of likely N-dealkylation sites (N-methyl/N-ethyl adjacent to an activating group) is 1. The lowest BCUT2D eigenvalue weighted by Crippen LogP contribution is -2.60. The zero-order valence-corrected chi connectivity index (χ0v) is 20.7. The SMILES string of the molecule is C=CCN(C)C(=O)[C@@H]1[C@H]2C(=O)N([C@H](C)CO)C(C(=O)N(CC=C)C(C)(C)C)C23CC[C@H]1S3. The van der Waals surface area contributed by atoms with Crippen molar-refractivity contribution in [1.82, 2.24) is 14.7 Å². The fraction of sp³-hybridized carbons (Fsp3) is 0.708. The van der Waals surface area contributed by atoms with Gasteiger partial charge >= 0.3 is 0 Å². The average Bonchev–Trinajstić information content (AvgIpc) is 3.37. The first kappa shape index (κ1) is 24.8. The lowest BCUT2D eigenvalue weighted by Gasteiger charge is -2.43. The van der Waals surface area contributed by atoms with Gasteiger partial charge in [-0.2, -0.15) is 0 Å². The zero-order valence-electron chi connectivity index (χ0n) is 19.9. The summed E-state index contributed by atoms with van der Waals surface area (Å²) in [6.07, 6.45) is 4.89. The maximum absolute atomic E-state index is 14.1. The molecule has 2 unspecified atom stereocenters. The molecule has 1 N–H and O–H groups in total. The first-order valence-corrected chi connectivity index (χ1v) is 12.2. The summed E-state index contributed by atoms with van der Waals surface area (Å²) in [7, 11) is 1.73. The van der Waals surface area contributed by atoms with Gasteiger partial charge in [0.1, 0.15) is 6.04 Å². The Bertz CT molecular complexity index is 810. The molecule has 0 aliphatic carbocycles. The molecular weight excluding hydrogens is 426 g/mol. The third kappa shape index (κ3) is 3.69. The number of fused-ring (bicyclic) bond motifs is 1. The largest absolute Gasteiger partial charge is 0.394 e. The van der Waals surface area contributed by atoms with Crippen molar-refractivity contribution < 1.29 is 19.5 Å². The van der Waals surface area contributed by atoms with E-state index in [9.17, 15) is 19.5 Å². The van der Waals surface area contributed by atoms with Crippen LogP contribution in [0.5, 0.6) is 0 Å². The van der Waals surface area contributed by atoms with Gasteiger partial charge in [-0.1, -0.05) is 12.2 Å². The highest BCUT2D eigenvalue weighted by molar-refractivity contribution is 8.02. The van der Waals surface area contributed by atoms with E-state index < -0.39 is 34.2 Å². The van der Waals surface area contributed by atoms with Crippen molar-refractivity contribution in [2.45, 2.75) is 68.2 Å². The van der Waals surface area contributed by atoms with Gasteiger partial charge in [0, 0.05) is 30.9 Å². The van der Waals surface area contributed by atoms with Gasteiger partial charge in [0.15, 0.2) is 0 Å². The molecule has 3 fully saturated rings. The van der Waals surface area contributed by atoms with Gasteiger partial charge in [-0.05, 0) is 40.5 Å². The third-order valence-electron chi connectivity index (χ3n) is 7.16. The van der Waals surface area contributed by atoms with Crippen molar-refractivity contribution in [3.63, 3.8) is 0 Å². The lowest BCUT2D eigenvalue weighted by molar-refractivity contribution is -0.148. The van der Waals surface area contributed by atoms with Crippen LogP contribution in [0.25, 0.3) is 0 Å². The standard InChI is InChI=1S/C24H37N3O4S/c1-8-12-25(7)20(29)17-16-10-11-24(32-16)18(17)21(30)27(15(3)14-28)19(24)22(31)26(13-9-2)23(4,5)6/h8-9,15-19,28H,1-2,10-14H2,3-7H3/t15-,16-,17+,18+,19?,24?/m1/s1. The van der Waals surface area contributed by atoms with Gasteiger partial charge in [-0.15, -0.1) is 24.9 Å². The molecule has 3 rings (SSSR count). The minimum Gasteiger partial charge on any atom is -0.394 e. The summed E-state index contributed by atoms with van der Waals surface area (Å²) >= 11 is 1.65. The summed E-state index contributed by atoms with van der Waals surface area (Å²) < 4.78 is -0.651. The van der Waals surface area contributed by atoms with Gasteiger partial charge in [0.25, 0.3) is 0 Å². The fourth-order valence-corrected chi connectivity index (χ4v) is 7.92. The molecule has 3 amide bonds. The first-order chi connectivity index (χ1) is 15.0. The maximum atomic E-state index is 14.1. The molecule has 178 valence electrons. The van der Waals surface area contributed by atoms with Gasteiger partial charge in [-0.3, -0.25) is 14.4 Å². The molecular formula is C24H37N3O4S. The molecule has 32 heavy (non-hydrogen) atoms. The Morgan fingerprint density at radius 2 is 1.91 bits per heavy atom. The van der Waals surface area contributed by atoms with E-state index in [2.05, 4.69) is 13.2 Å². The molecule has 3 saturated heterocycles. The van der Waals surface area contributed by atoms with Gasteiger partial charge in [-0.25, -0.2) is 0 Å².